The molecule has 0 amide bonds. The molecule has 0 aliphatic heterocycles. The summed E-state index contributed by atoms with van der Waals surface area (Å²) in [6.45, 7) is 0.682. The van der Waals surface area contributed by atoms with Crippen molar-refractivity contribution in [1.82, 2.24) is 0 Å². The Hall–Kier alpha value is -2.63. The van der Waals surface area contributed by atoms with E-state index in [0.717, 1.165) is 23.8 Å². The van der Waals surface area contributed by atoms with E-state index in [1.54, 1.807) is 12.1 Å². The molecule has 0 heterocycles. The van der Waals surface area contributed by atoms with Crippen LogP contribution in [0.4, 0.5) is 0 Å². The average Bonchev–Trinajstić information content (AvgIpc) is 2.65. The molecule has 0 atom stereocenters. The van der Waals surface area contributed by atoms with E-state index in [2.05, 4.69) is 0 Å². The normalized spacial score (nSPS) is 11.7. The summed E-state index contributed by atoms with van der Waals surface area (Å²) < 4.78 is 56.9. The lowest BCUT2D eigenvalue weighted by molar-refractivity contribution is -0.145. The van der Waals surface area contributed by atoms with Crippen LogP contribution in [0.3, 0.4) is 0 Å². The molecule has 9 nitrogen and oxygen atoms in total. The highest BCUT2D eigenvalue weighted by Gasteiger charge is 2.19. The molecule has 0 spiro atoms. The molecule has 2 aromatic carbocycles. The third-order valence-electron chi connectivity index (χ3n) is 3.80. The van der Waals surface area contributed by atoms with Gasteiger partial charge in [-0.25, -0.2) is 26.4 Å². The molecule has 0 unspecified atom stereocenters. The van der Waals surface area contributed by atoms with Crippen LogP contribution in [0.5, 0.6) is 5.75 Å². The fraction of sp³-hybridized carbons (Fsp3) is 0.222. The first-order valence-corrected chi connectivity index (χ1v) is 12.3. The molecule has 12 heteroatoms. The Kier molecular flexibility index (Phi) is 7.45. The van der Waals surface area contributed by atoms with Crippen molar-refractivity contribution in [2.24, 2.45) is 0 Å². The number of ether oxygens (including phenoxy) is 2. The number of aryl methyl sites for hydroxylation is 1. The molecule has 162 valence electrons. The van der Waals surface area contributed by atoms with E-state index in [-0.39, 0.29) is 10.6 Å². The Bertz CT molecular complexity index is 1150. The van der Waals surface area contributed by atoms with E-state index < -0.39 is 60.3 Å². The molecule has 0 radical (unpaired) electrons. The fourth-order valence-corrected chi connectivity index (χ4v) is 4.13. The van der Waals surface area contributed by atoms with Gasteiger partial charge in [0.15, 0.2) is 16.4 Å². The van der Waals surface area contributed by atoms with Crippen LogP contribution >= 0.6 is 10.7 Å². The largest absolute Gasteiger partial charge is 0.481 e. The van der Waals surface area contributed by atoms with Crippen LogP contribution in [-0.4, -0.2) is 52.8 Å². The Morgan fingerprint density at radius 2 is 1.60 bits per heavy atom. The molecule has 1 N–H and O–H groups in total. The lowest BCUT2D eigenvalue weighted by Gasteiger charge is -2.10. The number of benzene rings is 2. The number of hydrogen-bond donors (Lipinski definition) is 1. The third kappa shape index (κ3) is 6.44. The molecule has 2 rings (SSSR count). The highest BCUT2D eigenvalue weighted by molar-refractivity contribution is 8.13. The Morgan fingerprint density at radius 1 is 1.00 bits per heavy atom. The van der Waals surface area contributed by atoms with Crippen molar-refractivity contribution in [3.63, 3.8) is 0 Å². The van der Waals surface area contributed by atoms with E-state index in [1.165, 1.54) is 12.1 Å². The SMILES string of the molecule is Cc1ccc(S(=O)(=O)CCOC(=O)COc2ccc(S(=O)(=O)Cl)cc2C(=O)O)cc1. The second-order valence-corrected chi connectivity index (χ2v) is 10.7. The summed E-state index contributed by atoms with van der Waals surface area (Å²) >= 11 is 0. The van der Waals surface area contributed by atoms with Gasteiger partial charge in [-0.05, 0) is 37.3 Å². The predicted octanol–water partition coefficient (Wildman–Crippen LogP) is 2.02. The predicted molar refractivity (Wildman–Crippen MR) is 106 cm³/mol. The van der Waals surface area contributed by atoms with E-state index in [1.807, 2.05) is 6.92 Å². The van der Waals surface area contributed by atoms with E-state index >= 15 is 0 Å². The fourth-order valence-electron chi connectivity index (χ4n) is 2.26. The number of esters is 1. The first kappa shape index (κ1) is 23.6. The first-order chi connectivity index (χ1) is 13.9. The minimum atomic E-state index is -4.15. The van der Waals surface area contributed by atoms with Gasteiger partial charge in [0, 0.05) is 10.7 Å². The zero-order chi connectivity index (χ0) is 22.5. The van der Waals surface area contributed by atoms with Crippen LogP contribution in [0.1, 0.15) is 15.9 Å². The van der Waals surface area contributed by atoms with Crippen molar-refractivity contribution in [1.29, 1.82) is 0 Å². The number of hydrogen-bond acceptors (Lipinski definition) is 8. The molecule has 0 saturated heterocycles. The van der Waals surface area contributed by atoms with Gasteiger partial charge in [-0.15, -0.1) is 0 Å². The molecule has 0 aromatic heterocycles. The molecular weight excluding hydrogens is 460 g/mol. The quantitative estimate of drug-likeness (QED) is 0.424. The number of rotatable bonds is 9. The molecule has 0 saturated carbocycles. The maximum atomic E-state index is 12.2. The number of carboxylic acids is 1. The smallest absolute Gasteiger partial charge is 0.344 e. The van der Waals surface area contributed by atoms with Crippen molar-refractivity contribution in [2.45, 2.75) is 16.7 Å². The van der Waals surface area contributed by atoms with E-state index in [9.17, 15) is 31.5 Å². The van der Waals surface area contributed by atoms with Crippen LogP contribution in [0.2, 0.25) is 0 Å². The van der Waals surface area contributed by atoms with E-state index in [4.69, 9.17) is 20.2 Å². The van der Waals surface area contributed by atoms with Gasteiger partial charge in [0.05, 0.1) is 15.5 Å². The zero-order valence-corrected chi connectivity index (χ0v) is 18.0. The van der Waals surface area contributed by atoms with Crippen molar-refractivity contribution < 1.29 is 41.0 Å². The minimum Gasteiger partial charge on any atom is -0.481 e. The number of halogens is 1. The van der Waals surface area contributed by atoms with Crippen molar-refractivity contribution in [2.75, 3.05) is 19.0 Å². The van der Waals surface area contributed by atoms with Crippen LogP contribution in [0.15, 0.2) is 52.3 Å². The Balaban J connectivity index is 1.95. The van der Waals surface area contributed by atoms with Crippen LogP contribution < -0.4 is 4.74 Å². The summed E-state index contributed by atoms with van der Waals surface area (Å²) in [5, 5.41) is 9.18. The van der Waals surface area contributed by atoms with Gasteiger partial charge in [-0.2, -0.15) is 0 Å². The van der Waals surface area contributed by atoms with Crippen molar-refractivity contribution in [3.05, 3.63) is 53.6 Å². The summed E-state index contributed by atoms with van der Waals surface area (Å²) in [6, 6.07) is 9.04. The summed E-state index contributed by atoms with van der Waals surface area (Å²) in [4.78, 5) is 22.7. The maximum Gasteiger partial charge on any atom is 0.344 e. The molecule has 2 aromatic rings. The van der Waals surface area contributed by atoms with Crippen LogP contribution in [-0.2, 0) is 28.4 Å². The molecule has 0 aliphatic carbocycles. The summed E-state index contributed by atoms with van der Waals surface area (Å²) in [5.41, 5.74) is 0.376. The summed E-state index contributed by atoms with van der Waals surface area (Å²) in [6.07, 6.45) is 0. The third-order valence-corrected chi connectivity index (χ3v) is 6.85. The minimum absolute atomic E-state index is 0.0980. The van der Waals surface area contributed by atoms with Gasteiger partial charge in [0.25, 0.3) is 9.05 Å². The zero-order valence-electron chi connectivity index (χ0n) is 15.6. The molecule has 30 heavy (non-hydrogen) atoms. The van der Waals surface area contributed by atoms with Crippen LogP contribution in [0.25, 0.3) is 0 Å². The Labute approximate surface area is 177 Å². The van der Waals surface area contributed by atoms with Gasteiger partial charge in [0.1, 0.15) is 17.9 Å². The number of carbonyl (C=O) groups excluding carboxylic acids is 1. The molecule has 0 bridgehead atoms. The first-order valence-electron chi connectivity index (χ1n) is 8.30. The number of carboxylic acid groups (broad SMARTS) is 1. The maximum absolute atomic E-state index is 12.2. The van der Waals surface area contributed by atoms with E-state index in [0.29, 0.717) is 0 Å². The summed E-state index contributed by atoms with van der Waals surface area (Å²) in [5.74, 6) is -3.15. The lowest BCUT2D eigenvalue weighted by Crippen LogP contribution is -2.20. The monoisotopic (exact) mass is 476 g/mol. The van der Waals surface area contributed by atoms with Gasteiger partial charge < -0.3 is 14.6 Å². The van der Waals surface area contributed by atoms with Gasteiger partial charge >= 0.3 is 11.9 Å². The number of sulfone groups is 1. The molecular formula is C18H17ClO9S2. The van der Waals surface area contributed by atoms with Crippen LogP contribution in [0, 0.1) is 6.92 Å². The van der Waals surface area contributed by atoms with Crippen molar-refractivity contribution >= 4 is 41.5 Å². The average molecular weight is 477 g/mol. The summed E-state index contributed by atoms with van der Waals surface area (Å²) in [7, 11) is -2.62. The van der Waals surface area contributed by atoms with Gasteiger partial charge in [0.2, 0.25) is 0 Å². The Morgan fingerprint density at radius 3 is 2.17 bits per heavy atom. The number of aromatic carboxylic acids is 1. The topological polar surface area (TPSA) is 141 Å². The highest BCUT2D eigenvalue weighted by atomic mass is 35.7. The van der Waals surface area contributed by atoms with Gasteiger partial charge in [-0.1, -0.05) is 17.7 Å². The second-order valence-electron chi connectivity index (χ2n) is 6.04. The molecule has 0 aliphatic rings. The number of carbonyl (C=O) groups is 2. The van der Waals surface area contributed by atoms with Crippen molar-refractivity contribution in [3.8, 4) is 5.75 Å². The highest BCUT2D eigenvalue weighted by Crippen LogP contribution is 2.25. The standard InChI is InChI=1S/C18H17ClO9S2/c1-12-2-4-13(5-3-12)29(23,24)9-8-27-17(20)11-28-16-7-6-14(30(19,25)26)10-15(16)18(21)22/h2-7,10H,8-9,11H2,1H3,(H,21,22). The second kappa shape index (κ2) is 9.45. The molecule has 0 fully saturated rings. The van der Waals surface area contributed by atoms with Gasteiger partial charge in [-0.3, -0.25) is 0 Å². The lowest BCUT2D eigenvalue weighted by atomic mass is 10.2.